The summed E-state index contributed by atoms with van der Waals surface area (Å²) in [6.07, 6.45) is 5.52. The van der Waals surface area contributed by atoms with E-state index < -0.39 is 35.2 Å². The maximum Gasteiger partial charge on any atom is 0.329 e. The van der Waals surface area contributed by atoms with Gasteiger partial charge in [-0.15, -0.1) is 23.1 Å². The molecule has 1 fully saturated rings. The van der Waals surface area contributed by atoms with Gasteiger partial charge in [-0.2, -0.15) is 4.40 Å². The van der Waals surface area contributed by atoms with Crippen molar-refractivity contribution in [1.82, 2.24) is 19.6 Å². The summed E-state index contributed by atoms with van der Waals surface area (Å²) < 4.78 is 9.86. The summed E-state index contributed by atoms with van der Waals surface area (Å²) in [5, 5.41) is 21.6. The number of fused-ring (bicyclic) bond motifs is 2. The number of thiazole rings is 1. The Morgan fingerprint density at radius 2 is 2.02 bits per heavy atom. The van der Waals surface area contributed by atoms with Crippen LogP contribution in [0, 0.1) is 0 Å². The highest BCUT2D eigenvalue weighted by Crippen LogP contribution is 2.40. The molecule has 13 nitrogen and oxygen atoms in total. The van der Waals surface area contributed by atoms with E-state index in [4.69, 9.17) is 15.3 Å². The van der Waals surface area contributed by atoms with Gasteiger partial charge in [-0.3, -0.25) is 9.59 Å². The third-order valence-corrected chi connectivity index (χ3v) is 8.86. The molecule has 4 aromatic rings. The molecular weight excluding hydrogens is 594 g/mol. The van der Waals surface area contributed by atoms with E-state index in [-0.39, 0.29) is 23.1 Å². The van der Waals surface area contributed by atoms with E-state index in [0.29, 0.717) is 17.9 Å². The number of pyridine rings is 1. The summed E-state index contributed by atoms with van der Waals surface area (Å²) in [6.45, 7) is 0.521. The average Bonchev–Trinajstić information content (AvgIpc) is 3.63. The van der Waals surface area contributed by atoms with Crippen LogP contribution >= 0.6 is 23.1 Å². The molecule has 15 heteroatoms. The lowest BCUT2D eigenvalue weighted by Crippen LogP contribution is -2.75. The fourth-order valence-electron chi connectivity index (χ4n) is 5.03. The third kappa shape index (κ3) is 5.39. The van der Waals surface area contributed by atoms with E-state index in [1.165, 1.54) is 23.8 Å². The minimum atomic E-state index is -1.42. The van der Waals surface area contributed by atoms with Crippen molar-refractivity contribution in [2.45, 2.75) is 30.6 Å². The van der Waals surface area contributed by atoms with Crippen LogP contribution in [0.15, 0.2) is 82.6 Å². The normalized spacial score (nSPS) is 19.8. The lowest BCUT2D eigenvalue weighted by Gasteiger charge is -2.52. The first-order valence-corrected chi connectivity index (χ1v) is 14.8. The van der Waals surface area contributed by atoms with Crippen molar-refractivity contribution in [3.63, 3.8) is 0 Å². The Bertz CT molecular complexity index is 1770. The van der Waals surface area contributed by atoms with Crippen molar-refractivity contribution in [2.75, 3.05) is 12.8 Å². The van der Waals surface area contributed by atoms with Gasteiger partial charge in [-0.05, 0) is 23.1 Å². The highest BCUT2D eigenvalue weighted by atomic mass is 32.2. The molecule has 1 unspecified atom stereocenters. The largest absolute Gasteiger partial charge is 0.548 e. The van der Waals surface area contributed by atoms with Gasteiger partial charge in [0.1, 0.15) is 49.8 Å². The molecule has 2 amide bonds. The zero-order valence-electron chi connectivity index (χ0n) is 22.7. The molecule has 0 radical (unpaired) electrons. The van der Waals surface area contributed by atoms with Crippen molar-refractivity contribution >= 4 is 57.4 Å². The van der Waals surface area contributed by atoms with Gasteiger partial charge >= 0.3 is 5.65 Å². The Morgan fingerprint density at radius 3 is 2.74 bits per heavy atom. The molecule has 3 aromatic heterocycles. The van der Waals surface area contributed by atoms with E-state index in [1.807, 2.05) is 70.0 Å². The number of oxime groups is 1. The molecule has 0 bridgehead atoms. The number of amides is 2. The molecule has 0 aliphatic carbocycles. The maximum absolute atomic E-state index is 13.2. The molecule has 3 N–H and O–H groups in total. The number of anilines is 1. The third-order valence-electron chi connectivity index (χ3n) is 6.97. The number of benzene rings is 1. The predicted octanol–water partition coefficient (Wildman–Crippen LogP) is 0.298. The van der Waals surface area contributed by atoms with Crippen LogP contribution in [-0.4, -0.2) is 62.3 Å². The van der Waals surface area contributed by atoms with E-state index in [2.05, 4.69) is 15.5 Å². The van der Waals surface area contributed by atoms with Crippen LogP contribution in [0.1, 0.15) is 11.3 Å². The fourth-order valence-corrected chi connectivity index (χ4v) is 6.79. The Morgan fingerprint density at radius 1 is 1.21 bits per heavy atom. The van der Waals surface area contributed by atoms with Crippen LogP contribution < -0.4 is 25.5 Å². The molecule has 5 heterocycles. The van der Waals surface area contributed by atoms with Gasteiger partial charge in [-0.25, -0.2) is 9.55 Å². The number of carbonyl (C=O) groups is 3. The number of nitrogens with one attached hydrogen (secondary N) is 1. The van der Waals surface area contributed by atoms with Gasteiger partial charge in [0.2, 0.25) is 11.7 Å². The van der Waals surface area contributed by atoms with Crippen LogP contribution in [-0.2, 0) is 32.4 Å². The number of aliphatic carboxylic acids is 1. The van der Waals surface area contributed by atoms with Crippen molar-refractivity contribution in [3.8, 4) is 5.75 Å². The number of hydrogen-bond acceptors (Lipinski definition) is 11. The summed E-state index contributed by atoms with van der Waals surface area (Å²) in [5.41, 5.74) is 7.90. The number of nitrogens with zero attached hydrogens (tertiary/aromatic N) is 5. The second kappa shape index (κ2) is 11.8. The number of β-lactam (4-membered cyclic amide) rings is 1. The van der Waals surface area contributed by atoms with E-state index >= 15 is 0 Å². The van der Waals surface area contributed by atoms with E-state index in [0.717, 1.165) is 22.5 Å². The smallest absolute Gasteiger partial charge is 0.329 e. The van der Waals surface area contributed by atoms with Gasteiger partial charge in [0.25, 0.3) is 5.91 Å². The van der Waals surface area contributed by atoms with Crippen LogP contribution in [0.4, 0.5) is 5.13 Å². The lowest BCUT2D eigenvalue weighted by molar-refractivity contribution is -0.663. The Hall–Kier alpha value is -4.89. The average molecular weight is 620 g/mol. The second-order valence-electron chi connectivity index (χ2n) is 9.63. The SMILES string of the molecule is CO/N=C(\C(=O)N[C@@H]1C(=O)N2C(C(=O)[O-])C(C[n+]3ccn4cccc(OCc5ccccc5)c43)=CS[C@H]12)c1csc(N)n1. The zero-order chi connectivity index (χ0) is 30.1. The molecule has 0 spiro atoms. The minimum Gasteiger partial charge on any atom is -0.548 e. The molecule has 2 aliphatic rings. The number of ether oxygens (including phenoxy) is 1. The minimum absolute atomic E-state index is 0.155. The number of rotatable bonds is 10. The number of aromatic nitrogens is 3. The second-order valence-corrected chi connectivity index (χ2v) is 11.5. The highest BCUT2D eigenvalue weighted by Gasteiger charge is 2.54. The number of carboxylic acids is 1. The molecule has 1 aromatic carbocycles. The number of nitrogen functional groups attached to an aromatic ring is 1. The van der Waals surface area contributed by atoms with Crippen molar-refractivity contribution in [1.29, 1.82) is 0 Å². The number of imidazole rings is 1. The standard InChI is InChI=1S/C28H25N7O6S2/c1-40-32-20(18-15-43-28(29)30-18)23(36)31-21-25(37)35-22(27(38)39)17(14-42-26(21)35)12-34-11-10-33-9-5-8-19(24(33)34)41-13-16-6-3-2-4-7-16/h2-11,14-15,21-22,26H,12-13H2,1H3,(H3-,29,30,31,36,38,39)/b32-20-/t21-,22?,26-/m1/s1. The van der Waals surface area contributed by atoms with Crippen molar-refractivity contribution in [3.05, 3.63) is 88.7 Å². The van der Waals surface area contributed by atoms with E-state index in [1.54, 1.807) is 10.8 Å². The Kier molecular flexibility index (Phi) is 7.73. The number of carboxylic acid groups (broad SMARTS) is 1. The van der Waals surface area contributed by atoms with Gasteiger partial charge < -0.3 is 35.4 Å². The maximum atomic E-state index is 13.2. The van der Waals surface area contributed by atoms with Crippen LogP contribution in [0.2, 0.25) is 0 Å². The van der Waals surface area contributed by atoms with Gasteiger partial charge in [0, 0.05) is 11.0 Å². The number of hydrogen-bond donors (Lipinski definition) is 2. The Labute approximate surface area is 253 Å². The molecule has 0 saturated carbocycles. The van der Waals surface area contributed by atoms with E-state index in [9.17, 15) is 19.5 Å². The summed E-state index contributed by atoms with van der Waals surface area (Å²) in [6, 6.07) is 11.1. The fraction of sp³-hybridized carbons (Fsp3) is 0.214. The summed E-state index contributed by atoms with van der Waals surface area (Å²) >= 11 is 2.36. The molecule has 220 valence electrons. The lowest BCUT2D eigenvalue weighted by atomic mass is 9.97. The molecular formula is C28H25N7O6S2. The first kappa shape index (κ1) is 28.2. The first-order valence-electron chi connectivity index (χ1n) is 13.0. The molecule has 6 rings (SSSR count). The summed E-state index contributed by atoms with van der Waals surface area (Å²) in [4.78, 5) is 48.7. The number of carbonyl (C=O) groups excluding carboxylic acids is 3. The summed E-state index contributed by atoms with van der Waals surface area (Å²) in [5.74, 6) is -2.07. The highest BCUT2D eigenvalue weighted by molar-refractivity contribution is 8.02. The molecule has 1 saturated heterocycles. The van der Waals surface area contributed by atoms with Crippen LogP contribution in [0.5, 0.6) is 5.75 Å². The molecule has 3 atom stereocenters. The monoisotopic (exact) mass is 619 g/mol. The van der Waals surface area contributed by atoms with Gasteiger partial charge in [0.15, 0.2) is 10.8 Å². The van der Waals surface area contributed by atoms with Crippen molar-refractivity contribution < 1.29 is 33.6 Å². The summed E-state index contributed by atoms with van der Waals surface area (Å²) in [7, 11) is 1.28. The van der Waals surface area contributed by atoms with Gasteiger partial charge in [-0.1, -0.05) is 35.5 Å². The van der Waals surface area contributed by atoms with Crippen LogP contribution in [0.3, 0.4) is 0 Å². The zero-order valence-corrected chi connectivity index (χ0v) is 24.3. The number of nitrogens with two attached hydrogens (primary N) is 1. The quantitative estimate of drug-likeness (QED) is 0.110. The predicted molar refractivity (Wildman–Crippen MR) is 155 cm³/mol. The Balaban J connectivity index is 1.21. The molecule has 43 heavy (non-hydrogen) atoms. The number of thioether (sulfide) groups is 1. The first-order chi connectivity index (χ1) is 20.9. The van der Waals surface area contributed by atoms with Crippen molar-refractivity contribution in [2.24, 2.45) is 5.16 Å². The van der Waals surface area contributed by atoms with Gasteiger partial charge in [0.05, 0.1) is 18.2 Å². The topological polar surface area (TPSA) is 168 Å². The van der Waals surface area contributed by atoms with Crippen LogP contribution in [0.25, 0.3) is 5.65 Å². The molecule has 2 aliphatic heterocycles.